The molecule has 7 nitrogen and oxygen atoms in total. The van der Waals surface area contributed by atoms with Crippen molar-refractivity contribution < 1.29 is 19.2 Å². The van der Waals surface area contributed by atoms with E-state index in [1.165, 1.54) is 28.8 Å². The number of carbonyl (C=O) groups is 2. The zero-order valence-corrected chi connectivity index (χ0v) is 12.4. The normalized spacial score (nSPS) is 15.3. The van der Waals surface area contributed by atoms with Crippen molar-refractivity contribution in [3.05, 3.63) is 28.3 Å². The molecular weight excluding hydrogens is 296 g/mol. The minimum absolute atomic E-state index is 0.120. The van der Waals surface area contributed by atoms with Crippen LogP contribution in [0.3, 0.4) is 0 Å². The van der Waals surface area contributed by atoms with Crippen LogP contribution in [0.1, 0.15) is 13.8 Å². The molecule has 2 rings (SSSR count). The molecule has 8 heteroatoms. The quantitative estimate of drug-likeness (QED) is 0.480. The SMILES string of the molecule is CCOC(=O)[C@@H](C)N1C(=O)CSc2ccc([N+](=O)[O-])cc21. The molecule has 0 aliphatic carbocycles. The van der Waals surface area contributed by atoms with Crippen LogP contribution in [0.5, 0.6) is 0 Å². The summed E-state index contributed by atoms with van der Waals surface area (Å²) in [6.45, 7) is 3.44. The first-order chi connectivity index (χ1) is 9.95. The average molecular weight is 310 g/mol. The highest BCUT2D eigenvalue weighted by atomic mass is 32.2. The van der Waals surface area contributed by atoms with Crippen LogP contribution in [-0.2, 0) is 14.3 Å². The van der Waals surface area contributed by atoms with Gasteiger partial charge < -0.3 is 4.74 Å². The third-order valence-corrected chi connectivity index (χ3v) is 4.10. The van der Waals surface area contributed by atoms with Crippen LogP contribution in [-0.4, -0.2) is 35.2 Å². The van der Waals surface area contributed by atoms with Crippen molar-refractivity contribution in [3.63, 3.8) is 0 Å². The van der Waals surface area contributed by atoms with E-state index in [1.807, 2.05) is 0 Å². The molecule has 1 aliphatic heterocycles. The van der Waals surface area contributed by atoms with Gasteiger partial charge in [-0.05, 0) is 19.9 Å². The lowest BCUT2D eigenvalue weighted by atomic mass is 10.2. The summed E-state index contributed by atoms with van der Waals surface area (Å²) in [5.74, 6) is -0.613. The van der Waals surface area contributed by atoms with Gasteiger partial charge in [-0.25, -0.2) is 4.79 Å². The van der Waals surface area contributed by atoms with Crippen molar-refractivity contribution in [2.24, 2.45) is 0 Å². The first-order valence-electron chi connectivity index (χ1n) is 6.35. The number of non-ortho nitro benzene ring substituents is 1. The highest BCUT2D eigenvalue weighted by molar-refractivity contribution is 8.00. The first-order valence-corrected chi connectivity index (χ1v) is 7.34. The fourth-order valence-electron chi connectivity index (χ4n) is 2.07. The zero-order chi connectivity index (χ0) is 15.6. The lowest BCUT2D eigenvalue weighted by Gasteiger charge is -2.32. The number of anilines is 1. The number of fused-ring (bicyclic) bond motifs is 1. The molecule has 1 heterocycles. The molecular formula is C13H14N2O5S. The molecule has 0 radical (unpaired) electrons. The topological polar surface area (TPSA) is 89.8 Å². The molecule has 0 bridgehead atoms. The van der Waals surface area contributed by atoms with E-state index >= 15 is 0 Å². The summed E-state index contributed by atoms with van der Waals surface area (Å²) in [6.07, 6.45) is 0. The molecule has 0 saturated carbocycles. The van der Waals surface area contributed by atoms with Crippen LogP contribution in [0.15, 0.2) is 23.1 Å². The van der Waals surface area contributed by atoms with E-state index < -0.39 is 16.9 Å². The zero-order valence-electron chi connectivity index (χ0n) is 11.6. The van der Waals surface area contributed by atoms with Crippen LogP contribution in [0, 0.1) is 10.1 Å². The van der Waals surface area contributed by atoms with Gasteiger partial charge in [-0.2, -0.15) is 0 Å². The Morgan fingerprint density at radius 2 is 2.29 bits per heavy atom. The summed E-state index contributed by atoms with van der Waals surface area (Å²) in [4.78, 5) is 36.3. The first kappa shape index (κ1) is 15.3. The summed E-state index contributed by atoms with van der Waals surface area (Å²) >= 11 is 1.30. The number of nitrogens with zero attached hydrogens (tertiary/aromatic N) is 2. The fourth-order valence-corrected chi connectivity index (χ4v) is 2.95. The Morgan fingerprint density at radius 1 is 1.57 bits per heavy atom. The number of amides is 1. The molecule has 0 N–H and O–H groups in total. The minimum Gasteiger partial charge on any atom is -0.464 e. The Labute approximate surface area is 125 Å². The predicted octanol–water partition coefficient (Wildman–Crippen LogP) is 1.99. The Kier molecular flexibility index (Phi) is 4.46. The Hall–Kier alpha value is -2.09. The summed E-state index contributed by atoms with van der Waals surface area (Å²) in [5.41, 5.74) is 0.260. The number of benzene rings is 1. The molecule has 21 heavy (non-hydrogen) atoms. The molecule has 1 atom stereocenters. The van der Waals surface area contributed by atoms with Gasteiger partial charge in [0.15, 0.2) is 0 Å². The summed E-state index contributed by atoms with van der Waals surface area (Å²) in [7, 11) is 0. The van der Waals surface area contributed by atoms with E-state index in [1.54, 1.807) is 19.9 Å². The van der Waals surface area contributed by atoms with Gasteiger partial charge in [0, 0.05) is 17.0 Å². The van der Waals surface area contributed by atoms with Crippen molar-refractivity contribution in [1.29, 1.82) is 0 Å². The van der Waals surface area contributed by atoms with Gasteiger partial charge >= 0.3 is 5.97 Å². The Balaban J connectivity index is 2.43. The van der Waals surface area contributed by atoms with Gasteiger partial charge in [0.05, 0.1) is 23.0 Å². The number of hydrogen-bond donors (Lipinski definition) is 0. The Bertz CT molecular complexity index is 604. The molecule has 0 aromatic heterocycles. The second-order valence-corrected chi connectivity index (χ2v) is 5.41. The monoisotopic (exact) mass is 310 g/mol. The van der Waals surface area contributed by atoms with E-state index in [0.29, 0.717) is 5.69 Å². The molecule has 0 fully saturated rings. The number of ether oxygens (including phenoxy) is 1. The van der Waals surface area contributed by atoms with E-state index in [2.05, 4.69) is 0 Å². The van der Waals surface area contributed by atoms with E-state index in [4.69, 9.17) is 4.74 Å². The maximum atomic E-state index is 12.1. The second kappa shape index (κ2) is 6.13. The summed E-state index contributed by atoms with van der Waals surface area (Å²) in [6, 6.07) is 3.47. The standard InChI is InChI=1S/C13H14N2O5S/c1-3-20-13(17)8(2)14-10-6-9(15(18)19)4-5-11(10)21-7-12(14)16/h4-6,8H,3,7H2,1-2H3/t8-/m1/s1. The smallest absolute Gasteiger partial charge is 0.328 e. The van der Waals surface area contributed by atoms with Gasteiger partial charge in [-0.3, -0.25) is 19.8 Å². The van der Waals surface area contributed by atoms with Crippen molar-refractivity contribution in [2.45, 2.75) is 24.8 Å². The molecule has 0 unspecified atom stereocenters. The highest BCUT2D eigenvalue weighted by Gasteiger charge is 2.34. The minimum atomic E-state index is -0.820. The van der Waals surface area contributed by atoms with E-state index in [-0.39, 0.29) is 24.0 Å². The molecule has 1 aromatic carbocycles. The number of nitro groups is 1. The predicted molar refractivity (Wildman–Crippen MR) is 77.4 cm³/mol. The van der Waals surface area contributed by atoms with Crippen LogP contribution >= 0.6 is 11.8 Å². The number of esters is 1. The van der Waals surface area contributed by atoms with Crippen LogP contribution in [0.25, 0.3) is 0 Å². The lowest BCUT2D eigenvalue weighted by Crippen LogP contribution is -2.46. The van der Waals surface area contributed by atoms with Crippen LogP contribution in [0.2, 0.25) is 0 Å². The molecule has 1 amide bonds. The highest BCUT2D eigenvalue weighted by Crippen LogP contribution is 2.38. The third kappa shape index (κ3) is 2.99. The number of thioether (sulfide) groups is 1. The van der Waals surface area contributed by atoms with Crippen molar-refractivity contribution in [3.8, 4) is 0 Å². The maximum absolute atomic E-state index is 12.1. The van der Waals surface area contributed by atoms with Gasteiger partial charge in [-0.1, -0.05) is 0 Å². The summed E-state index contributed by atoms with van der Waals surface area (Å²) in [5, 5.41) is 10.9. The molecule has 112 valence electrons. The van der Waals surface area contributed by atoms with Crippen molar-refractivity contribution >= 4 is 35.0 Å². The largest absolute Gasteiger partial charge is 0.464 e. The van der Waals surface area contributed by atoms with Gasteiger partial charge in [0.2, 0.25) is 5.91 Å². The maximum Gasteiger partial charge on any atom is 0.328 e. The van der Waals surface area contributed by atoms with Gasteiger partial charge in [-0.15, -0.1) is 11.8 Å². The summed E-state index contributed by atoms with van der Waals surface area (Å²) < 4.78 is 4.92. The molecule has 0 saturated heterocycles. The Morgan fingerprint density at radius 3 is 2.90 bits per heavy atom. The average Bonchev–Trinajstić information content (AvgIpc) is 2.46. The second-order valence-electron chi connectivity index (χ2n) is 4.39. The number of carbonyl (C=O) groups excluding carboxylic acids is 2. The molecule has 1 aliphatic rings. The lowest BCUT2D eigenvalue weighted by molar-refractivity contribution is -0.384. The van der Waals surface area contributed by atoms with Gasteiger partial charge in [0.1, 0.15) is 6.04 Å². The van der Waals surface area contributed by atoms with Crippen LogP contribution < -0.4 is 4.90 Å². The van der Waals surface area contributed by atoms with Crippen molar-refractivity contribution in [1.82, 2.24) is 0 Å². The number of rotatable bonds is 4. The van der Waals surface area contributed by atoms with Crippen molar-refractivity contribution in [2.75, 3.05) is 17.3 Å². The third-order valence-electron chi connectivity index (χ3n) is 3.05. The fraction of sp³-hybridized carbons (Fsp3) is 0.385. The van der Waals surface area contributed by atoms with Crippen LogP contribution in [0.4, 0.5) is 11.4 Å². The number of nitro benzene ring substituents is 1. The molecule has 0 spiro atoms. The number of hydrogen-bond acceptors (Lipinski definition) is 6. The molecule has 1 aromatic rings. The van der Waals surface area contributed by atoms with Gasteiger partial charge in [0.25, 0.3) is 5.69 Å². The van der Waals surface area contributed by atoms with E-state index in [9.17, 15) is 19.7 Å². The van der Waals surface area contributed by atoms with E-state index in [0.717, 1.165) is 4.90 Å².